The molecule has 0 spiro atoms. The summed E-state index contributed by atoms with van der Waals surface area (Å²) in [5.41, 5.74) is 0. The van der Waals surface area contributed by atoms with Crippen molar-refractivity contribution in [3.05, 3.63) is 33.6 Å². The van der Waals surface area contributed by atoms with Crippen LogP contribution in [0.2, 0.25) is 10.0 Å². The molecule has 1 radical (unpaired) electrons. The first-order valence-corrected chi connectivity index (χ1v) is 3.20. The van der Waals surface area contributed by atoms with Crippen LogP contribution in [0, 0.1) is 23.5 Å². The molecule has 0 aromatic heterocycles. The highest BCUT2D eigenvalue weighted by atomic mass is 35.5. The second-order valence-electron chi connectivity index (χ2n) is 1.69. The van der Waals surface area contributed by atoms with Crippen molar-refractivity contribution in [2.45, 2.75) is 0 Å². The van der Waals surface area contributed by atoms with Crippen LogP contribution in [0.4, 0.5) is 13.2 Å². The molecule has 0 aliphatic heterocycles. The summed E-state index contributed by atoms with van der Waals surface area (Å²) >= 11 is 10.2. The highest BCUT2D eigenvalue weighted by Gasteiger charge is 2.15. The Bertz CT molecular complexity index is 272. The highest BCUT2D eigenvalue weighted by Crippen LogP contribution is 2.28. The standard InChI is InChI=1S/C6Cl2F3/c7-4-2(9)1-3(10)6(11)5(4)8. The minimum atomic E-state index is -1.48. The van der Waals surface area contributed by atoms with Gasteiger partial charge in [0.15, 0.2) is 17.5 Å². The molecule has 0 nitrogen and oxygen atoms in total. The first-order chi connectivity index (χ1) is 5.04. The number of hydrogen-bond donors (Lipinski definition) is 0. The number of benzene rings is 1. The fourth-order valence-corrected chi connectivity index (χ4v) is 0.791. The third-order valence-corrected chi connectivity index (χ3v) is 1.80. The number of halogens is 5. The zero-order chi connectivity index (χ0) is 8.59. The van der Waals surface area contributed by atoms with E-state index in [0.29, 0.717) is 0 Å². The minimum absolute atomic E-state index is 0.662. The third-order valence-electron chi connectivity index (χ3n) is 0.990. The van der Waals surface area contributed by atoms with E-state index in [1.54, 1.807) is 0 Å². The van der Waals surface area contributed by atoms with Crippen LogP contribution >= 0.6 is 23.2 Å². The van der Waals surface area contributed by atoms with Gasteiger partial charge >= 0.3 is 0 Å². The summed E-state index contributed by atoms with van der Waals surface area (Å²) in [6.07, 6.45) is 0. The van der Waals surface area contributed by atoms with Crippen molar-refractivity contribution in [3.63, 3.8) is 0 Å². The molecule has 0 aliphatic carbocycles. The molecule has 1 aromatic rings. The summed E-state index contributed by atoms with van der Waals surface area (Å²) in [7, 11) is 0. The maximum Gasteiger partial charge on any atom is 0.179 e. The van der Waals surface area contributed by atoms with E-state index < -0.39 is 27.5 Å². The maximum absolute atomic E-state index is 12.4. The molecule has 0 saturated heterocycles. The fourth-order valence-electron chi connectivity index (χ4n) is 0.495. The molecule has 0 atom stereocenters. The van der Waals surface area contributed by atoms with E-state index in [0.717, 1.165) is 0 Å². The first-order valence-electron chi connectivity index (χ1n) is 2.44. The summed E-state index contributed by atoms with van der Waals surface area (Å²) < 4.78 is 36.9. The largest absolute Gasteiger partial charge is 0.204 e. The molecule has 0 fully saturated rings. The smallest absolute Gasteiger partial charge is 0.179 e. The van der Waals surface area contributed by atoms with E-state index in [-0.39, 0.29) is 0 Å². The van der Waals surface area contributed by atoms with Gasteiger partial charge in [0, 0.05) is 0 Å². The van der Waals surface area contributed by atoms with Crippen molar-refractivity contribution in [2.75, 3.05) is 0 Å². The highest BCUT2D eigenvalue weighted by molar-refractivity contribution is 6.42. The van der Waals surface area contributed by atoms with E-state index in [2.05, 4.69) is 0 Å². The van der Waals surface area contributed by atoms with Crippen LogP contribution in [0.3, 0.4) is 0 Å². The average Bonchev–Trinajstić information content (AvgIpc) is 1.97. The normalized spacial score (nSPS) is 10.3. The van der Waals surface area contributed by atoms with Gasteiger partial charge in [-0.2, -0.15) is 0 Å². The lowest BCUT2D eigenvalue weighted by Crippen LogP contribution is -1.90. The molecule has 59 valence electrons. The maximum atomic E-state index is 12.4. The molecule has 1 rings (SSSR count). The molecule has 0 aliphatic rings. The third kappa shape index (κ3) is 1.44. The summed E-state index contributed by atoms with van der Waals surface area (Å²) in [5, 5.41) is -1.43. The van der Waals surface area contributed by atoms with Crippen molar-refractivity contribution < 1.29 is 13.2 Å². The molecular weight excluding hydrogens is 200 g/mol. The van der Waals surface area contributed by atoms with E-state index in [1.165, 1.54) is 6.07 Å². The predicted octanol–water partition coefficient (Wildman–Crippen LogP) is 3.21. The fraction of sp³-hybridized carbons (Fsp3) is 0. The lowest BCUT2D eigenvalue weighted by Gasteiger charge is -1.98. The van der Waals surface area contributed by atoms with Gasteiger partial charge in [0.2, 0.25) is 0 Å². The summed E-state index contributed by atoms with van der Waals surface area (Å²) in [5.74, 6) is -4.06. The van der Waals surface area contributed by atoms with Crippen LogP contribution in [-0.2, 0) is 0 Å². The van der Waals surface area contributed by atoms with Gasteiger partial charge in [-0.15, -0.1) is 0 Å². The van der Waals surface area contributed by atoms with Crippen LogP contribution in [0.1, 0.15) is 0 Å². The van der Waals surface area contributed by atoms with Gasteiger partial charge in [-0.3, -0.25) is 0 Å². The molecule has 1 aromatic carbocycles. The SMILES string of the molecule is Fc1[c]c(F)c(Cl)c(Cl)c1F. The van der Waals surface area contributed by atoms with E-state index in [1.807, 2.05) is 0 Å². The van der Waals surface area contributed by atoms with Crippen LogP contribution in [-0.4, -0.2) is 0 Å². The number of hydrogen-bond acceptors (Lipinski definition) is 0. The van der Waals surface area contributed by atoms with Crippen molar-refractivity contribution in [3.8, 4) is 0 Å². The van der Waals surface area contributed by atoms with Crippen LogP contribution in [0.25, 0.3) is 0 Å². The topological polar surface area (TPSA) is 0 Å². The van der Waals surface area contributed by atoms with Crippen molar-refractivity contribution >= 4 is 23.2 Å². The van der Waals surface area contributed by atoms with E-state index >= 15 is 0 Å². The van der Waals surface area contributed by atoms with Crippen molar-refractivity contribution in [2.24, 2.45) is 0 Å². The van der Waals surface area contributed by atoms with Gasteiger partial charge in [0.1, 0.15) is 5.02 Å². The van der Waals surface area contributed by atoms with Gasteiger partial charge in [0.25, 0.3) is 0 Å². The van der Waals surface area contributed by atoms with E-state index in [4.69, 9.17) is 23.2 Å². The summed E-state index contributed by atoms with van der Waals surface area (Å²) in [6, 6.07) is 1.42. The van der Waals surface area contributed by atoms with E-state index in [9.17, 15) is 13.2 Å². The lowest BCUT2D eigenvalue weighted by molar-refractivity contribution is 0.493. The summed E-state index contributed by atoms with van der Waals surface area (Å²) in [4.78, 5) is 0. The molecule has 0 heterocycles. The Hall–Kier alpha value is -0.410. The van der Waals surface area contributed by atoms with Gasteiger partial charge in [0.05, 0.1) is 11.1 Å². The Labute approximate surface area is 70.5 Å². The lowest BCUT2D eigenvalue weighted by atomic mass is 10.3. The molecule has 0 N–H and O–H groups in total. The quantitative estimate of drug-likeness (QED) is 0.445. The predicted molar refractivity (Wildman–Crippen MR) is 35.2 cm³/mol. The first kappa shape index (κ1) is 8.68. The van der Waals surface area contributed by atoms with Gasteiger partial charge in [-0.1, -0.05) is 23.2 Å². The van der Waals surface area contributed by atoms with Crippen molar-refractivity contribution in [1.29, 1.82) is 0 Å². The van der Waals surface area contributed by atoms with Gasteiger partial charge < -0.3 is 0 Å². The molecule has 11 heavy (non-hydrogen) atoms. The molecule has 5 heteroatoms. The Balaban J connectivity index is 3.46. The second-order valence-corrected chi connectivity index (χ2v) is 2.45. The Kier molecular flexibility index (Phi) is 2.30. The average molecular weight is 200 g/mol. The molecule has 0 amide bonds. The van der Waals surface area contributed by atoms with Gasteiger partial charge in [-0.05, 0) is 0 Å². The molecule has 0 unspecified atom stereocenters. The molecular formula is C6Cl2F3. The Morgan fingerprint density at radius 3 is 2.00 bits per heavy atom. The second kappa shape index (κ2) is 2.91. The Morgan fingerprint density at radius 1 is 0.909 bits per heavy atom. The van der Waals surface area contributed by atoms with Crippen LogP contribution < -0.4 is 0 Å². The van der Waals surface area contributed by atoms with Crippen molar-refractivity contribution in [1.82, 2.24) is 0 Å². The molecule has 0 saturated carbocycles. The zero-order valence-electron chi connectivity index (χ0n) is 4.89. The number of rotatable bonds is 0. The monoisotopic (exact) mass is 199 g/mol. The minimum Gasteiger partial charge on any atom is -0.204 e. The van der Waals surface area contributed by atoms with Crippen LogP contribution in [0.5, 0.6) is 0 Å². The van der Waals surface area contributed by atoms with Crippen LogP contribution in [0.15, 0.2) is 0 Å². The summed E-state index contributed by atoms with van der Waals surface area (Å²) in [6.45, 7) is 0. The van der Waals surface area contributed by atoms with Gasteiger partial charge in [-0.25, -0.2) is 13.2 Å². The Morgan fingerprint density at radius 2 is 1.45 bits per heavy atom. The zero-order valence-corrected chi connectivity index (χ0v) is 6.40. The molecule has 0 bridgehead atoms.